The average molecular weight is 327 g/mol. The van der Waals surface area contributed by atoms with Crippen molar-refractivity contribution < 1.29 is 9.59 Å². The van der Waals surface area contributed by atoms with Crippen LogP contribution in [0.5, 0.6) is 0 Å². The Labute approximate surface area is 140 Å². The second-order valence-corrected chi connectivity index (χ2v) is 6.46. The first-order valence-electron chi connectivity index (χ1n) is 8.43. The first kappa shape index (κ1) is 15.1. The zero-order valence-electron chi connectivity index (χ0n) is 13.5. The first-order valence-corrected chi connectivity index (χ1v) is 8.43. The second kappa shape index (κ2) is 6.24. The predicted molar refractivity (Wildman–Crippen MR) is 89.1 cm³/mol. The van der Waals surface area contributed by atoms with E-state index in [1.807, 2.05) is 29.2 Å². The summed E-state index contributed by atoms with van der Waals surface area (Å²) in [7, 11) is 0. The fraction of sp³-hybridized carbons (Fsp3) is 0.471. The minimum atomic E-state index is -0.320. The molecule has 1 unspecified atom stereocenters. The van der Waals surface area contributed by atoms with Gasteiger partial charge in [-0.1, -0.05) is 12.1 Å². The van der Waals surface area contributed by atoms with Gasteiger partial charge in [-0.2, -0.15) is 0 Å². The summed E-state index contributed by atoms with van der Waals surface area (Å²) in [6.07, 6.45) is 1.08. The van der Waals surface area contributed by atoms with Crippen molar-refractivity contribution in [3.8, 4) is 0 Å². The number of imidazole rings is 1. The van der Waals surface area contributed by atoms with Crippen LogP contribution in [0.1, 0.15) is 18.7 Å². The molecule has 2 saturated heterocycles. The summed E-state index contributed by atoms with van der Waals surface area (Å²) in [5.74, 6) is 1.00. The molecule has 0 spiro atoms. The molecule has 7 heteroatoms. The largest absolute Gasteiger partial charge is 0.344 e. The van der Waals surface area contributed by atoms with E-state index in [9.17, 15) is 9.59 Å². The topological polar surface area (TPSA) is 81.3 Å². The van der Waals surface area contributed by atoms with Gasteiger partial charge >= 0.3 is 0 Å². The highest BCUT2D eigenvalue weighted by Gasteiger charge is 2.32. The van der Waals surface area contributed by atoms with Crippen molar-refractivity contribution in [1.82, 2.24) is 25.1 Å². The van der Waals surface area contributed by atoms with Gasteiger partial charge in [-0.15, -0.1) is 0 Å². The Balaban J connectivity index is 1.32. The van der Waals surface area contributed by atoms with Gasteiger partial charge in [0, 0.05) is 32.6 Å². The lowest BCUT2D eigenvalue weighted by Gasteiger charge is -2.35. The SMILES string of the molecule is O=C1CCC(C(=O)N2CCN(Cc3nc4ccccc4[nH]3)CC2)N1. The van der Waals surface area contributed by atoms with Gasteiger partial charge in [-0.3, -0.25) is 14.5 Å². The Kier molecular flexibility index (Phi) is 3.93. The van der Waals surface area contributed by atoms with Crippen molar-refractivity contribution in [3.05, 3.63) is 30.1 Å². The van der Waals surface area contributed by atoms with Gasteiger partial charge in [0.05, 0.1) is 17.6 Å². The van der Waals surface area contributed by atoms with E-state index in [0.717, 1.165) is 36.5 Å². The minimum Gasteiger partial charge on any atom is -0.344 e. The van der Waals surface area contributed by atoms with Crippen LogP contribution in [0.4, 0.5) is 0 Å². The number of nitrogens with one attached hydrogen (secondary N) is 2. The number of rotatable bonds is 3. The van der Waals surface area contributed by atoms with Crippen LogP contribution in [-0.2, 0) is 16.1 Å². The molecule has 0 bridgehead atoms. The van der Waals surface area contributed by atoms with Crippen molar-refractivity contribution >= 4 is 22.8 Å². The molecule has 3 heterocycles. The van der Waals surface area contributed by atoms with Crippen LogP contribution in [0.3, 0.4) is 0 Å². The van der Waals surface area contributed by atoms with E-state index in [0.29, 0.717) is 25.9 Å². The number of hydrogen-bond donors (Lipinski definition) is 2. The number of H-pyrrole nitrogens is 1. The molecule has 7 nitrogen and oxygen atoms in total. The molecule has 4 rings (SSSR count). The predicted octanol–water partition coefficient (Wildman–Crippen LogP) is 0.486. The van der Waals surface area contributed by atoms with Gasteiger partial charge in [0.2, 0.25) is 11.8 Å². The molecule has 0 aliphatic carbocycles. The zero-order valence-corrected chi connectivity index (χ0v) is 13.5. The highest BCUT2D eigenvalue weighted by molar-refractivity contribution is 5.90. The lowest BCUT2D eigenvalue weighted by molar-refractivity contribution is -0.136. The number of nitrogens with zero attached hydrogens (tertiary/aromatic N) is 3. The Morgan fingerprint density at radius 2 is 2.00 bits per heavy atom. The van der Waals surface area contributed by atoms with Gasteiger partial charge in [0.1, 0.15) is 11.9 Å². The average Bonchev–Trinajstić information content (AvgIpc) is 3.20. The molecule has 2 aliphatic rings. The molecule has 2 aliphatic heterocycles. The van der Waals surface area contributed by atoms with Gasteiger partial charge in [0.15, 0.2) is 0 Å². The number of aromatic nitrogens is 2. The molecular formula is C17H21N5O2. The number of carbonyl (C=O) groups excluding carboxylic acids is 2. The first-order chi connectivity index (χ1) is 11.7. The van der Waals surface area contributed by atoms with Crippen LogP contribution in [0.15, 0.2) is 24.3 Å². The van der Waals surface area contributed by atoms with E-state index in [-0.39, 0.29) is 17.9 Å². The monoisotopic (exact) mass is 327 g/mol. The quantitative estimate of drug-likeness (QED) is 0.859. The van der Waals surface area contributed by atoms with E-state index >= 15 is 0 Å². The van der Waals surface area contributed by atoms with E-state index in [1.165, 1.54) is 0 Å². The van der Waals surface area contributed by atoms with Gasteiger partial charge < -0.3 is 15.2 Å². The van der Waals surface area contributed by atoms with Crippen LogP contribution >= 0.6 is 0 Å². The van der Waals surface area contributed by atoms with Crippen LogP contribution in [-0.4, -0.2) is 63.8 Å². The summed E-state index contributed by atoms with van der Waals surface area (Å²) in [5.41, 5.74) is 2.04. The number of para-hydroxylation sites is 2. The minimum absolute atomic E-state index is 0.0168. The molecule has 1 aromatic carbocycles. The number of amides is 2. The number of aromatic amines is 1. The summed E-state index contributed by atoms with van der Waals surface area (Å²) in [6, 6.07) is 7.69. The molecule has 0 radical (unpaired) electrons. The summed E-state index contributed by atoms with van der Waals surface area (Å²) in [6.45, 7) is 3.81. The maximum Gasteiger partial charge on any atom is 0.245 e. The number of hydrogen-bond acceptors (Lipinski definition) is 4. The fourth-order valence-electron chi connectivity index (χ4n) is 3.44. The Morgan fingerprint density at radius 1 is 1.21 bits per heavy atom. The standard InChI is InChI=1S/C17H21N5O2/c23-16-6-5-14(20-16)17(24)22-9-7-21(8-10-22)11-15-18-12-3-1-2-4-13(12)19-15/h1-4,14H,5-11H2,(H,18,19)(H,20,23). The van der Waals surface area contributed by atoms with Crippen molar-refractivity contribution in [1.29, 1.82) is 0 Å². The molecule has 2 N–H and O–H groups in total. The van der Waals surface area contributed by atoms with Crippen molar-refractivity contribution in [2.75, 3.05) is 26.2 Å². The smallest absolute Gasteiger partial charge is 0.245 e. The van der Waals surface area contributed by atoms with Gasteiger partial charge in [-0.05, 0) is 18.6 Å². The summed E-state index contributed by atoms with van der Waals surface area (Å²) < 4.78 is 0. The molecule has 2 amide bonds. The number of carbonyl (C=O) groups is 2. The van der Waals surface area contributed by atoms with Gasteiger partial charge in [-0.25, -0.2) is 4.98 Å². The maximum atomic E-state index is 12.4. The van der Waals surface area contributed by atoms with E-state index in [4.69, 9.17) is 0 Å². The summed E-state index contributed by atoms with van der Waals surface area (Å²) in [4.78, 5) is 35.8. The van der Waals surface area contributed by atoms with E-state index in [1.54, 1.807) is 0 Å². The summed E-state index contributed by atoms with van der Waals surface area (Å²) >= 11 is 0. The third-order valence-corrected chi connectivity index (χ3v) is 4.79. The van der Waals surface area contributed by atoms with Crippen LogP contribution in [0.2, 0.25) is 0 Å². The molecule has 126 valence electrons. The third kappa shape index (κ3) is 2.99. The highest BCUT2D eigenvalue weighted by atomic mass is 16.2. The number of fused-ring (bicyclic) bond motifs is 1. The van der Waals surface area contributed by atoms with Crippen molar-refractivity contribution in [3.63, 3.8) is 0 Å². The molecule has 2 aromatic rings. The lowest BCUT2D eigenvalue weighted by atomic mass is 10.2. The molecular weight excluding hydrogens is 306 g/mol. The Bertz CT molecular complexity index is 730. The van der Waals surface area contributed by atoms with Crippen molar-refractivity contribution in [2.24, 2.45) is 0 Å². The van der Waals surface area contributed by atoms with Crippen molar-refractivity contribution in [2.45, 2.75) is 25.4 Å². The zero-order chi connectivity index (χ0) is 16.5. The molecule has 2 fully saturated rings. The number of benzene rings is 1. The van der Waals surface area contributed by atoms with Gasteiger partial charge in [0.25, 0.3) is 0 Å². The lowest BCUT2D eigenvalue weighted by Crippen LogP contribution is -2.53. The molecule has 1 atom stereocenters. The van der Waals surface area contributed by atoms with Crippen LogP contribution in [0.25, 0.3) is 11.0 Å². The van der Waals surface area contributed by atoms with Crippen LogP contribution < -0.4 is 5.32 Å². The number of piperazine rings is 1. The maximum absolute atomic E-state index is 12.4. The third-order valence-electron chi connectivity index (χ3n) is 4.79. The van der Waals surface area contributed by atoms with Crippen LogP contribution in [0, 0.1) is 0 Å². The molecule has 1 aromatic heterocycles. The highest BCUT2D eigenvalue weighted by Crippen LogP contribution is 2.15. The second-order valence-electron chi connectivity index (χ2n) is 6.46. The summed E-state index contributed by atoms with van der Waals surface area (Å²) in [5, 5.41) is 2.76. The van der Waals surface area contributed by atoms with E-state index in [2.05, 4.69) is 20.2 Å². The molecule has 0 saturated carbocycles. The van der Waals surface area contributed by atoms with E-state index < -0.39 is 0 Å². The Hall–Kier alpha value is -2.41. The Morgan fingerprint density at radius 3 is 2.71 bits per heavy atom. The fourth-order valence-corrected chi connectivity index (χ4v) is 3.44. The molecule has 24 heavy (non-hydrogen) atoms. The normalized spacial score (nSPS) is 22.1.